The number of ether oxygens (including phenoxy) is 2. The van der Waals surface area contributed by atoms with Crippen LogP contribution in [0.1, 0.15) is 45.6 Å². The number of aliphatic imine (C=N–C) groups is 1. The van der Waals surface area contributed by atoms with Gasteiger partial charge in [-0.2, -0.15) is 0 Å². The first-order valence-electron chi connectivity index (χ1n) is 9.60. The van der Waals surface area contributed by atoms with Crippen LogP contribution in [-0.4, -0.2) is 47.6 Å². The van der Waals surface area contributed by atoms with Crippen LogP contribution < -0.4 is 9.47 Å². The van der Waals surface area contributed by atoms with E-state index in [0.717, 1.165) is 0 Å². The van der Waals surface area contributed by atoms with Crippen molar-refractivity contribution in [2.45, 2.75) is 52.5 Å². The molecule has 1 aliphatic rings. The van der Waals surface area contributed by atoms with Crippen LogP contribution in [0.15, 0.2) is 23.2 Å². The molecule has 2 rings (SSSR count). The molecule has 0 spiro atoms. The van der Waals surface area contributed by atoms with Crippen LogP contribution >= 0.6 is 0 Å². The molecule has 7 nitrogen and oxygen atoms in total. The monoisotopic (exact) mass is 389 g/mol. The molecule has 0 aromatic heterocycles. The van der Waals surface area contributed by atoms with Crippen LogP contribution in [0.3, 0.4) is 0 Å². The first-order chi connectivity index (χ1) is 13.4. The van der Waals surface area contributed by atoms with Crippen LogP contribution in [-0.2, 0) is 20.8 Å². The molecule has 1 fully saturated rings. The minimum absolute atomic E-state index is 0.0450. The summed E-state index contributed by atoms with van der Waals surface area (Å²) in [6, 6.07) is 4.29. The molecule has 0 aliphatic heterocycles. The lowest BCUT2D eigenvalue weighted by Gasteiger charge is -2.23. The number of benzene rings is 1. The lowest BCUT2D eigenvalue weighted by Crippen LogP contribution is -2.37. The summed E-state index contributed by atoms with van der Waals surface area (Å²) in [6.07, 6.45) is 1.41. The number of carbonyl (C=O) groups is 3. The molecule has 1 aromatic rings. The van der Waals surface area contributed by atoms with Gasteiger partial charge in [0, 0.05) is 18.6 Å². The predicted molar refractivity (Wildman–Crippen MR) is 104 cm³/mol. The van der Waals surface area contributed by atoms with Crippen molar-refractivity contribution < 1.29 is 29.0 Å². The van der Waals surface area contributed by atoms with Gasteiger partial charge in [0.1, 0.15) is 17.7 Å². The van der Waals surface area contributed by atoms with E-state index in [4.69, 9.17) is 14.6 Å². The van der Waals surface area contributed by atoms with Gasteiger partial charge in [-0.25, -0.2) is 4.79 Å². The summed E-state index contributed by atoms with van der Waals surface area (Å²) >= 11 is 0. The maximum Gasteiger partial charge on any atom is 0.328 e. The van der Waals surface area contributed by atoms with Gasteiger partial charge in [0.25, 0.3) is 0 Å². The number of rotatable bonds is 9. The highest BCUT2D eigenvalue weighted by Gasteiger charge is 2.34. The fourth-order valence-corrected chi connectivity index (χ4v) is 3.24. The Kier molecular flexibility index (Phi) is 7.72. The predicted octanol–water partition coefficient (Wildman–Crippen LogP) is 2.88. The smallest absolute Gasteiger partial charge is 0.328 e. The van der Waals surface area contributed by atoms with E-state index in [-0.39, 0.29) is 18.0 Å². The van der Waals surface area contributed by atoms with Gasteiger partial charge in [0.2, 0.25) is 0 Å². The Labute approximate surface area is 164 Å². The molecule has 0 saturated heterocycles. The van der Waals surface area contributed by atoms with Gasteiger partial charge in [-0.15, -0.1) is 0 Å². The Hall–Kier alpha value is -2.70. The number of hydrogen-bond donors (Lipinski definition) is 1. The van der Waals surface area contributed by atoms with E-state index in [9.17, 15) is 14.4 Å². The second-order valence-electron chi connectivity index (χ2n) is 6.68. The highest BCUT2D eigenvalue weighted by atomic mass is 16.5. The molecule has 0 bridgehead atoms. The zero-order valence-electron chi connectivity index (χ0n) is 16.6. The van der Waals surface area contributed by atoms with Gasteiger partial charge in [-0.3, -0.25) is 14.6 Å². The molecule has 152 valence electrons. The molecule has 1 saturated carbocycles. The van der Waals surface area contributed by atoms with Crippen molar-refractivity contribution in [3.05, 3.63) is 23.8 Å². The van der Waals surface area contributed by atoms with Crippen molar-refractivity contribution in [1.29, 1.82) is 0 Å². The van der Waals surface area contributed by atoms with E-state index in [1.165, 1.54) is 6.92 Å². The van der Waals surface area contributed by atoms with Crippen molar-refractivity contribution >= 4 is 23.2 Å². The Balaban J connectivity index is 2.24. The molecule has 2 atom stereocenters. The molecule has 1 aliphatic carbocycles. The fourth-order valence-electron chi connectivity index (χ4n) is 3.24. The van der Waals surface area contributed by atoms with Gasteiger partial charge in [-0.05, 0) is 51.3 Å². The number of aliphatic carboxylic acids is 1. The summed E-state index contributed by atoms with van der Waals surface area (Å²) in [4.78, 5) is 40.6. The Morgan fingerprint density at radius 3 is 2.50 bits per heavy atom. The van der Waals surface area contributed by atoms with Crippen molar-refractivity contribution in [2.24, 2.45) is 10.9 Å². The molecular formula is C21H27NO6. The average Bonchev–Trinajstić information content (AvgIpc) is 2.64. The van der Waals surface area contributed by atoms with Gasteiger partial charge in [0.05, 0.1) is 13.2 Å². The molecule has 28 heavy (non-hydrogen) atoms. The standard InChI is InChI=1S/C21H27NO6/c1-4-27-18-10-9-14(12-19(18)28-5-2)11-17(24)20-15(7-6-8-16(20)23)22-13(3)21(25)26/h9-10,12-13,20H,4-8,11H2,1-3H3,(H,25,26)/t13-,20+/m1/s1. The van der Waals surface area contributed by atoms with Gasteiger partial charge < -0.3 is 14.6 Å². The Bertz CT molecular complexity index is 770. The summed E-state index contributed by atoms with van der Waals surface area (Å²) in [5.41, 5.74) is 1.09. The van der Waals surface area contributed by atoms with E-state index < -0.39 is 17.9 Å². The zero-order chi connectivity index (χ0) is 20.7. The molecule has 1 N–H and O–H groups in total. The molecule has 0 unspecified atom stereocenters. The number of carboxylic acids is 1. The number of nitrogens with zero attached hydrogens (tertiary/aromatic N) is 1. The quantitative estimate of drug-likeness (QED) is 0.652. The van der Waals surface area contributed by atoms with Gasteiger partial charge in [0.15, 0.2) is 17.3 Å². The largest absolute Gasteiger partial charge is 0.490 e. The maximum atomic E-state index is 12.9. The lowest BCUT2D eigenvalue weighted by atomic mass is 9.81. The Morgan fingerprint density at radius 2 is 1.86 bits per heavy atom. The Morgan fingerprint density at radius 1 is 1.18 bits per heavy atom. The number of hydrogen-bond acceptors (Lipinski definition) is 6. The number of carboxylic acid groups (broad SMARTS) is 1. The average molecular weight is 389 g/mol. The van der Waals surface area contributed by atoms with E-state index in [2.05, 4.69) is 4.99 Å². The molecule has 0 amide bonds. The topological polar surface area (TPSA) is 102 Å². The number of ketones is 2. The highest BCUT2D eigenvalue weighted by Crippen LogP contribution is 2.30. The van der Waals surface area contributed by atoms with E-state index >= 15 is 0 Å². The first-order valence-corrected chi connectivity index (χ1v) is 9.60. The third kappa shape index (κ3) is 5.41. The van der Waals surface area contributed by atoms with Gasteiger partial charge >= 0.3 is 5.97 Å². The summed E-state index contributed by atoms with van der Waals surface area (Å²) in [7, 11) is 0. The molecule has 0 heterocycles. The van der Waals surface area contributed by atoms with E-state index in [1.54, 1.807) is 18.2 Å². The maximum absolute atomic E-state index is 12.9. The number of Topliss-reactive ketones (excluding diaryl/α,β-unsaturated/α-hetero) is 2. The van der Waals surface area contributed by atoms with Crippen molar-refractivity contribution in [3.8, 4) is 11.5 Å². The number of carbonyl (C=O) groups excluding carboxylic acids is 2. The molecule has 7 heteroatoms. The van der Waals surface area contributed by atoms with Gasteiger partial charge in [-0.1, -0.05) is 6.07 Å². The summed E-state index contributed by atoms with van der Waals surface area (Å²) in [5.74, 6) is -1.34. The molecule has 0 radical (unpaired) electrons. The van der Waals surface area contributed by atoms with Crippen LogP contribution in [0, 0.1) is 5.92 Å². The van der Waals surface area contributed by atoms with Crippen molar-refractivity contribution in [3.63, 3.8) is 0 Å². The minimum atomic E-state index is -1.08. The third-order valence-electron chi connectivity index (χ3n) is 4.54. The summed E-state index contributed by atoms with van der Waals surface area (Å²) < 4.78 is 11.1. The van der Waals surface area contributed by atoms with Crippen molar-refractivity contribution in [1.82, 2.24) is 0 Å². The lowest BCUT2D eigenvalue weighted by molar-refractivity contribution is -0.138. The summed E-state index contributed by atoms with van der Waals surface area (Å²) in [5, 5.41) is 9.09. The first kappa shape index (κ1) is 21.6. The molecule has 1 aromatic carbocycles. The van der Waals surface area contributed by atoms with Crippen molar-refractivity contribution in [2.75, 3.05) is 13.2 Å². The third-order valence-corrected chi connectivity index (χ3v) is 4.54. The normalized spacial score (nSPS) is 19.3. The van der Waals surface area contributed by atoms with Crippen LogP contribution in [0.2, 0.25) is 0 Å². The van der Waals surface area contributed by atoms with E-state index in [0.29, 0.717) is 55.3 Å². The summed E-state index contributed by atoms with van der Waals surface area (Å²) in [6.45, 7) is 6.14. The molecular weight excluding hydrogens is 362 g/mol. The van der Waals surface area contributed by atoms with Crippen LogP contribution in [0.4, 0.5) is 0 Å². The fraction of sp³-hybridized carbons (Fsp3) is 0.524. The second kappa shape index (κ2) is 10.0. The minimum Gasteiger partial charge on any atom is -0.490 e. The second-order valence-corrected chi connectivity index (χ2v) is 6.68. The van der Waals surface area contributed by atoms with E-state index in [1.807, 2.05) is 13.8 Å². The SMILES string of the molecule is CCOc1ccc(CC(=O)[C@@H]2C(=O)CCCC2=N[C@H](C)C(=O)O)cc1OCC. The van der Waals surface area contributed by atoms with Crippen LogP contribution in [0.5, 0.6) is 11.5 Å². The van der Waals surface area contributed by atoms with Crippen LogP contribution in [0.25, 0.3) is 0 Å². The zero-order valence-corrected chi connectivity index (χ0v) is 16.6. The highest BCUT2D eigenvalue weighted by molar-refractivity contribution is 6.22.